The molecular formula is C11H14N4O4S2. The molecule has 0 fully saturated rings. The maximum Gasteiger partial charge on any atom is 0.278 e. The van der Waals surface area contributed by atoms with Crippen molar-refractivity contribution in [1.29, 1.82) is 0 Å². The highest BCUT2D eigenvalue weighted by Crippen LogP contribution is 2.22. The molecule has 3 N–H and O–H groups in total. The van der Waals surface area contributed by atoms with Crippen LogP contribution in [-0.4, -0.2) is 34.1 Å². The third-order valence-electron chi connectivity index (χ3n) is 2.80. The zero-order valence-corrected chi connectivity index (χ0v) is 12.9. The summed E-state index contributed by atoms with van der Waals surface area (Å²) in [6.45, 7) is 1.67. The van der Waals surface area contributed by atoms with E-state index in [-0.39, 0.29) is 15.6 Å². The third kappa shape index (κ3) is 3.23. The standard InChI is InChI=1S/C11H14N4O4S2/c1-8-3-4-9(20(16,17)12-2)7-10(8)15-21(18,19)11-5-6-13-14-11/h3-7,12,15H,1-2H3,(H,13,14). The van der Waals surface area contributed by atoms with Crippen LogP contribution in [0.2, 0.25) is 0 Å². The van der Waals surface area contributed by atoms with E-state index >= 15 is 0 Å². The van der Waals surface area contributed by atoms with Gasteiger partial charge in [-0.05, 0) is 37.7 Å². The smallest absolute Gasteiger partial charge is 0.278 e. The van der Waals surface area contributed by atoms with E-state index in [0.29, 0.717) is 5.56 Å². The molecule has 1 heterocycles. The molecule has 0 amide bonds. The minimum Gasteiger partial charge on any atom is -0.278 e. The van der Waals surface area contributed by atoms with E-state index in [9.17, 15) is 16.8 Å². The Morgan fingerprint density at radius 1 is 1.10 bits per heavy atom. The van der Waals surface area contributed by atoms with Crippen LogP contribution >= 0.6 is 0 Å². The number of sulfonamides is 2. The summed E-state index contributed by atoms with van der Waals surface area (Å²) in [5, 5.41) is 5.81. The molecule has 0 aliphatic carbocycles. The Labute approximate surface area is 122 Å². The van der Waals surface area contributed by atoms with Crippen LogP contribution < -0.4 is 9.44 Å². The summed E-state index contributed by atoms with van der Waals surface area (Å²) in [7, 11) is -6.22. The number of hydrogen-bond acceptors (Lipinski definition) is 5. The minimum absolute atomic E-state index is 0.0297. The highest BCUT2D eigenvalue weighted by atomic mass is 32.2. The van der Waals surface area contributed by atoms with Crippen LogP contribution in [0.5, 0.6) is 0 Å². The van der Waals surface area contributed by atoms with Crippen molar-refractivity contribution >= 4 is 25.7 Å². The number of aromatic nitrogens is 2. The first kappa shape index (κ1) is 15.5. The van der Waals surface area contributed by atoms with Crippen molar-refractivity contribution in [3.05, 3.63) is 36.0 Å². The van der Waals surface area contributed by atoms with E-state index in [1.54, 1.807) is 6.92 Å². The number of nitrogens with zero attached hydrogens (tertiary/aromatic N) is 1. The lowest BCUT2D eigenvalue weighted by Crippen LogP contribution is -2.19. The minimum atomic E-state index is -3.84. The summed E-state index contributed by atoms with van der Waals surface area (Å²) in [5.74, 6) is 0. The topological polar surface area (TPSA) is 121 Å². The van der Waals surface area contributed by atoms with Crippen molar-refractivity contribution in [1.82, 2.24) is 14.9 Å². The van der Waals surface area contributed by atoms with Gasteiger partial charge in [-0.25, -0.2) is 13.1 Å². The second-order valence-corrected chi connectivity index (χ2v) is 7.75. The maximum absolute atomic E-state index is 12.1. The van der Waals surface area contributed by atoms with E-state index in [0.717, 1.165) is 0 Å². The van der Waals surface area contributed by atoms with Crippen LogP contribution in [0.25, 0.3) is 0 Å². The molecular weight excluding hydrogens is 316 g/mol. The average Bonchev–Trinajstić information content (AvgIpc) is 2.95. The fraction of sp³-hybridized carbons (Fsp3) is 0.182. The lowest BCUT2D eigenvalue weighted by atomic mass is 10.2. The van der Waals surface area contributed by atoms with E-state index in [1.165, 1.54) is 37.5 Å². The van der Waals surface area contributed by atoms with Crippen molar-refractivity contribution in [3.8, 4) is 0 Å². The Balaban J connectivity index is 2.44. The number of hydrogen-bond donors (Lipinski definition) is 3. The first-order valence-corrected chi connectivity index (χ1v) is 8.79. The maximum atomic E-state index is 12.1. The molecule has 10 heteroatoms. The molecule has 0 spiro atoms. The molecule has 0 aliphatic rings. The van der Waals surface area contributed by atoms with Crippen LogP contribution in [0.1, 0.15) is 5.56 Å². The number of anilines is 1. The number of aryl methyl sites for hydroxylation is 1. The molecule has 0 bridgehead atoms. The molecule has 8 nitrogen and oxygen atoms in total. The summed E-state index contributed by atoms with van der Waals surface area (Å²) in [6.07, 6.45) is 1.31. The monoisotopic (exact) mass is 330 g/mol. The number of H-pyrrole nitrogens is 1. The van der Waals surface area contributed by atoms with Gasteiger partial charge in [-0.2, -0.15) is 13.5 Å². The summed E-state index contributed by atoms with van der Waals surface area (Å²) in [6, 6.07) is 5.48. The molecule has 1 aromatic heterocycles. The molecule has 0 aliphatic heterocycles. The summed E-state index contributed by atoms with van der Waals surface area (Å²) in [5.41, 5.74) is 0.772. The molecule has 2 rings (SSSR count). The molecule has 0 unspecified atom stereocenters. The van der Waals surface area contributed by atoms with Gasteiger partial charge < -0.3 is 0 Å². The largest absolute Gasteiger partial charge is 0.278 e. The van der Waals surface area contributed by atoms with Gasteiger partial charge >= 0.3 is 0 Å². The predicted octanol–water partition coefficient (Wildman–Crippen LogP) is 0.427. The third-order valence-corrected chi connectivity index (χ3v) is 5.50. The van der Waals surface area contributed by atoms with E-state index < -0.39 is 20.0 Å². The number of nitrogens with one attached hydrogen (secondary N) is 3. The van der Waals surface area contributed by atoms with Crippen LogP contribution in [-0.2, 0) is 20.0 Å². The Morgan fingerprint density at radius 2 is 1.81 bits per heavy atom. The van der Waals surface area contributed by atoms with Gasteiger partial charge in [0.15, 0.2) is 5.03 Å². The lowest BCUT2D eigenvalue weighted by Gasteiger charge is -2.11. The summed E-state index contributed by atoms with van der Waals surface area (Å²) in [4.78, 5) is -0.0297. The van der Waals surface area contributed by atoms with E-state index in [2.05, 4.69) is 19.6 Å². The second-order valence-electron chi connectivity index (χ2n) is 4.21. The number of rotatable bonds is 5. The summed E-state index contributed by atoms with van der Waals surface area (Å²) >= 11 is 0. The number of aromatic amines is 1. The Hall–Kier alpha value is -1.91. The zero-order chi connectivity index (χ0) is 15.7. The van der Waals surface area contributed by atoms with Crippen LogP contribution in [0.15, 0.2) is 40.4 Å². The van der Waals surface area contributed by atoms with Crippen LogP contribution in [0.3, 0.4) is 0 Å². The molecule has 0 atom stereocenters. The Kier molecular flexibility index (Phi) is 4.03. The van der Waals surface area contributed by atoms with Gasteiger partial charge in [0.2, 0.25) is 10.0 Å². The fourth-order valence-electron chi connectivity index (χ4n) is 1.59. The highest BCUT2D eigenvalue weighted by Gasteiger charge is 2.19. The van der Waals surface area contributed by atoms with Crippen molar-refractivity contribution in [2.45, 2.75) is 16.8 Å². The molecule has 0 radical (unpaired) electrons. The van der Waals surface area contributed by atoms with Gasteiger partial charge in [0, 0.05) is 0 Å². The van der Waals surface area contributed by atoms with E-state index in [1.807, 2.05) is 0 Å². The van der Waals surface area contributed by atoms with Gasteiger partial charge in [0.05, 0.1) is 16.8 Å². The van der Waals surface area contributed by atoms with Crippen LogP contribution in [0, 0.1) is 6.92 Å². The van der Waals surface area contributed by atoms with Crippen molar-refractivity contribution < 1.29 is 16.8 Å². The fourth-order valence-corrected chi connectivity index (χ4v) is 3.38. The quantitative estimate of drug-likeness (QED) is 0.734. The molecule has 2 aromatic rings. The van der Waals surface area contributed by atoms with Gasteiger partial charge in [-0.15, -0.1) is 0 Å². The molecule has 21 heavy (non-hydrogen) atoms. The van der Waals surface area contributed by atoms with Gasteiger partial charge in [-0.3, -0.25) is 9.82 Å². The van der Waals surface area contributed by atoms with Gasteiger partial charge in [-0.1, -0.05) is 6.07 Å². The summed E-state index contributed by atoms with van der Waals surface area (Å²) < 4.78 is 52.2. The molecule has 0 saturated carbocycles. The number of benzene rings is 1. The zero-order valence-electron chi connectivity index (χ0n) is 11.3. The first-order chi connectivity index (χ1) is 9.76. The normalized spacial score (nSPS) is 12.3. The SMILES string of the molecule is CNS(=O)(=O)c1ccc(C)c(NS(=O)(=O)c2ccn[nH]2)c1. The van der Waals surface area contributed by atoms with Crippen LogP contribution in [0.4, 0.5) is 5.69 Å². The van der Waals surface area contributed by atoms with Gasteiger partial charge in [0.1, 0.15) is 0 Å². The molecule has 1 aromatic carbocycles. The Bertz CT molecular complexity index is 842. The molecule has 0 saturated heterocycles. The van der Waals surface area contributed by atoms with Crippen molar-refractivity contribution in [2.75, 3.05) is 11.8 Å². The van der Waals surface area contributed by atoms with Crippen molar-refractivity contribution in [2.24, 2.45) is 0 Å². The highest BCUT2D eigenvalue weighted by molar-refractivity contribution is 7.92. The Morgan fingerprint density at radius 3 is 2.38 bits per heavy atom. The second kappa shape index (κ2) is 5.47. The van der Waals surface area contributed by atoms with Crippen molar-refractivity contribution in [3.63, 3.8) is 0 Å². The lowest BCUT2D eigenvalue weighted by molar-refractivity contribution is 0.587. The van der Waals surface area contributed by atoms with E-state index in [4.69, 9.17) is 0 Å². The first-order valence-electron chi connectivity index (χ1n) is 5.83. The van der Waals surface area contributed by atoms with Gasteiger partial charge in [0.25, 0.3) is 10.0 Å². The average molecular weight is 330 g/mol. The predicted molar refractivity (Wildman–Crippen MR) is 76.8 cm³/mol. The molecule has 114 valence electrons.